The van der Waals surface area contributed by atoms with Crippen molar-refractivity contribution in [3.63, 3.8) is 0 Å². The summed E-state index contributed by atoms with van der Waals surface area (Å²) in [5, 5.41) is 13.1. The van der Waals surface area contributed by atoms with Crippen LogP contribution in [0.25, 0.3) is 0 Å². The molecular formula is C14H22N2O3. The summed E-state index contributed by atoms with van der Waals surface area (Å²) in [5.41, 5.74) is 1.39. The third-order valence-electron chi connectivity index (χ3n) is 2.95. The molecular weight excluding hydrogens is 244 g/mol. The number of ether oxygens (including phenoxy) is 1. The number of carbonyl (C=O) groups excluding carboxylic acids is 1. The van der Waals surface area contributed by atoms with Crippen LogP contribution in [0.4, 0.5) is 0 Å². The second-order valence-electron chi connectivity index (χ2n) is 4.56. The van der Waals surface area contributed by atoms with E-state index in [4.69, 9.17) is 4.74 Å². The van der Waals surface area contributed by atoms with E-state index in [1.807, 2.05) is 44.0 Å². The molecule has 2 unspecified atom stereocenters. The molecule has 0 saturated carbocycles. The van der Waals surface area contributed by atoms with Crippen molar-refractivity contribution in [2.24, 2.45) is 5.92 Å². The minimum absolute atomic E-state index is 0.324. The van der Waals surface area contributed by atoms with Gasteiger partial charge in [-0.05, 0) is 19.1 Å². The zero-order valence-corrected chi connectivity index (χ0v) is 11.7. The highest BCUT2D eigenvalue weighted by Gasteiger charge is 2.23. The Labute approximate surface area is 114 Å². The maximum atomic E-state index is 11.0. The molecule has 1 aliphatic rings. The van der Waals surface area contributed by atoms with Gasteiger partial charge in [-0.1, -0.05) is 6.08 Å². The van der Waals surface area contributed by atoms with E-state index in [9.17, 15) is 9.90 Å². The van der Waals surface area contributed by atoms with Gasteiger partial charge < -0.3 is 14.7 Å². The van der Waals surface area contributed by atoms with Crippen LogP contribution in [0.2, 0.25) is 0 Å². The molecule has 19 heavy (non-hydrogen) atoms. The Morgan fingerprint density at radius 2 is 2.32 bits per heavy atom. The Bertz CT molecular complexity index is 395. The molecule has 0 bridgehead atoms. The van der Waals surface area contributed by atoms with E-state index in [1.165, 1.54) is 0 Å². The molecule has 1 aliphatic carbocycles. The van der Waals surface area contributed by atoms with E-state index in [2.05, 4.69) is 5.32 Å². The molecule has 1 rings (SSSR count). The van der Waals surface area contributed by atoms with Gasteiger partial charge in [-0.2, -0.15) is 0 Å². The number of aliphatic hydroxyl groups is 1. The van der Waals surface area contributed by atoms with Gasteiger partial charge in [0, 0.05) is 44.4 Å². The van der Waals surface area contributed by atoms with Gasteiger partial charge in [0.1, 0.15) is 5.94 Å². The van der Waals surface area contributed by atoms with Crippen LogP contribution in [-0.4, -0.2) is 56.0 Å². The summed E-state index contributed by atoms with van der Waals surface area (Å²) in [6.45, 7) is 3.29. The van der Waals surface area contributed by atoms with E-state index >= 15 is 0 Å². The molecule has 5 heteroatoms. The first-order valence-electron chi connectivity index (χ1n) is 6.38. The minimum atomic E-state index is -0.673. The summed E-state index contributed by atoms with van der Waals surface area (Å²) in [6.07, 6.45) is 4.82. The Morgan fingerprint density at radius 3 is 2.89 bits per heavy atom. The summed E-state index contributed by atoms with van der Waals surface area (Å²) >= 11 is 0. The maximum Gasteiger partial charge on any atom is 0.128 e. The molecule has 2 atom stereocenters. The molecule has 5 nitrogen and oxygen atoms in total. The Morgan fingerprint density at radius 1 is 1.58 bits per heavy atom. The lowest BCUT2D eigenvalue weighted by Crippen LogP contribution is -2.35. The van der Waals surface area contributed by atoms with Crippen molar-refractivity contribution in [1.29, 1.82) is 0 Å². The number of aliphatic hydroxyl groups excluding tert-OH is 1. The molecule has 0 saturated heterocycles. The lowest BCUT2D eigenvalue weighted by molar-refractivity contribution is 0.0959. The molecule has 0 fully saturated rings. The second-order valence-corrected chi connectivity index (χ2v) is 4.56. The van der Waals surface area contributed by atoms with E-state index in [-0.39, 0.29) is 5.92 Å². The Kier molecular flexibility index (Phi) is 6.53. The zero-order valence-electron chi connectivity index (χ0n) is 11.7. The van der Waals surface area contributed by atoms with Crippen molar-refractivity contribution < 1.29 is 14.6 Å². The molecule has 106 valence electrons. The van der Waals surface area contributed by atoms with Crippen molar-refractivity contribution in [3.05, 3.63) is 29.5 Å². The van der Waals surface area contributed by atoms with Gasteiger partial charge >= 0.3 is 0 Å². The first-order chi connectivity index (χ1) is 9.10. The molecule has 0 aromatic heterocycles. The largest absolute Gasteiger partial charge is 0.391 e. The fraction of sp³-hybridized carbons (Fsp3) is 0.571. The van der Waals surface area contributed by atoms with E-state index in [0.29, 0.717) is 25.5 Å². The van der Waals surface area contributed by atoms with Crippen LogP contribution in [0.1, 0.15) is 6.92 Å². The third-order valence-corrected chi connectivity index (χ3v) is 2.95. The summed E-state index contributed by atoms with van der Waals surface area (Å²) < 4.78 is 5.13. The predicted molar refractivity (Wildman–Crippen MR) is 74.1 cm³/mol. The van der Waals surface area contributed by atoms with Gasteiger partial charge in [-0.15, -0.1) is 0 Å². The van der Waals surface area contributed by atoms with Gasteiger partial charge in [0.2, 0.25) is 0 Å². The first-order valence-corrected chi connectivity index (χ1v) is 6.38. The maximum absolute atomic E-state index is 11.0. The highest BCUT2D eigenvalue weighted by atomic mass is 16.5. The third kappa shape index (κ3) is 4.65. The number of allylic oxidation sites excluding steroid dienone is 2. The first kappa shape index (κ1) is 15.7. The van der Waals surface area contributed by atoms with Crippen LogP contribution in [0, 0.1) is 5.92 Å². The van der Waals surface area contributed by atoms with Crippen molar-refractivity contribution in [2.45, 2.75) is 13.0 Å². The summed E-state index contributed by atoms with van der Waals surface area (Å²) in [4.78, 5) is 12.9. The molecule has 0 amide bonds. The van der Waals surface area contributed by atoms with E-state index in [1.54, 1.807) is 6.08 Å². The predicted octanol–water partition coefficient (Wildman–Crippen LogP) is 0.320. The van der Waals surface area contributed by atoms with Crippen LogP contribution in [0.15, 0.2) is 29.5 Å². The summed E-state index contributed by atoms with van der Waals surface area (Å²) in [6, 6.07) is 0. The number of hydrogen-bond acceptors (Lipinski definition) is 5. The SMILES string of the molecule is CCOCNCC(O)C1C=CC(N(C)C)=CC1=C=O. The topological polar surface area (TPSA) is 61.8 Å². The molecule has 2 N–H and O–H groups in total. The van der Waals surface area contributed by atoms with Crippen LogP contribution < -0.4 is 5.32 Å². The van der Waals surface area contributed by atoms with Gasteiger partial charge in [-0.3, -0.25) is 5.32 Å². The molecule has 0 spiro atoms. The van der Waals surface area contributed by atoms with Crippen molar-refractivity contribution >= 4 is 5.94 Å². The second kappa shape index (κ2) is 7.92. The van der Waals surface area contributed by atoms with Gasteiger partial charge in [0.15, 0.2) is 0 Å². The number of nitrogens with one attached hydrogen (secondary N) is 1. The van der Waals surface area contributed by atoms with Crippen LogP contribution in [0.5, 0.6) is 0 Å². The number of nitrogens with zero attached hydrogens (tertiary/aromatic N) is 1. The van der Waals surface area contributed by atoms with Crippen molar-refractivity contribution in [2.75, 3.05) is 34.0 Å². The fourth-order valence-corrected chi connectivity index (χ4v) is 1.83. The number of likely N-dealkylation sites (N-methyl/N-ethyl adjacent to an activating group) is 1. The van der Waals surface area contributed by atoms with Gasteiger partial charge in [0.05, 0.1) is 12.8 Å². The lowest BCUT2D eigenvalue weighted by atomic mass is 9.89. The Hall–Kier alpha value is -1.39. The highest BCUT2D eigenvalue weighted by Crippen LogP contribution is 2.24. The van der Waals surface area contributed by atoms with Gasteiger partial charge in [-0.25, -0.2) is 4.79 Å². The number of rotatable bonds is 7. The van der Waals surface area contributed by atoms with Crippen LogP contribution >= 0.6 is 0 Å². The van der Waals surface area contributed by atoms with Crippen molar-refractivity contribution in [3.8, 4) is 0 Å². The van der Waals surface area contributed by atoms with Crippen molar-refractivity contribution in [1.82, 2.24) is 10.2 Å². The monoisotopic (exact) mass is 266 g/mol. The molecule has 0 aromatic carbocycles. The van der Waals surface area contributed by atoms with E-state index < -0.39 is 6.10 Å². The standard InChI is InChI=1S/C14H22N2O3/c1-4-19-10-15-8-14(18)13-6-5-12(16(2)3)7-11(13)9-17/h5-7,13-15,18H,4,8,10H2,1-3H3. The Balaban J connectivity index is 2.60. The average molecular weight is 266 g/mol. The van der Waals surface area contributed by atoms with Crippen LogP contribution in [0.3, 0.4) is 0 Å². The highest BCUT2D eigenvalue weighted by molar-refractivity contribution is 5.62. The average Bonchev–Trinajstić information content (AvgIpc) is 2.42. The zero-order chi connectivity index (χ0) is 14.3. The fourth-order valence-electron chi connectivity index (χ4n) is 1.83. The van der Waals surface area contributed by atoms with Gasteiger partial charge in [0.25, 0.3) is 0 Å². The van der Waals surface area contributed by atoms with E-state index in [0.717, 1.165) is 5.70 Å². The molecule has 0 aromatic rings. The lowest BCUT2D eigenvalue weighted by Gasteiger charge is -2.25. The summed E-state index contributed by atoms with van der Waals surface area (Å²) in [7, 11) is 3.80. The van der Waals surface area contributed by atoms with Crippen LogP contribution in [-0.2, 0) is 9.53 Å². The normalized spacial score (nSPS) is 19.9. The quantitative estimate of drug-likeness (QED) is 0.395. The number of hydrogen-bond donors (Lipinski definition) is 2. The minimum Gasteiger partial charge on any atom is -0.391 e. The summed E-state index contributed by atoms with van der Waals surface area (Å²) in [5.74, 6) is 1.59. The molecule has 0 heterocycles. The smallest absolute Gasteiger partial charge is 0.128 e. The molecule has 0 radical (unpaired) electrons. The molecule has 0 aliphatic heterocycles.